The molecule has 1 atom stereocenters. The van der Waals surface area contributed by atoms with Crippen LogP contribution in [-0.2, 0) is 4.74 Å². The van der Waals surface area contributed by atoms with Crippen LogP contribution in [0.3, 0.4) is 0 Å². The van der Waals surface area contributed by atoms with Crippen LogP contribution in [0.4, 0.5) is 11.5 Å². The summed E-state index contributed by atoms with van der Waals surface area (Å²) in [4.78, 5) is 6.03. The van der Waals surface area contributed by atoms with Crippen molar-refractivity contribution in [2.75, 3.05) is 37.9 Å². The average molecular weight is 225 g/mol. The number of ether oxygens (including phenoxy) is 1. The zero-order valence-corrected chi connectivity index (χ0v) is 9.97. The number of hydrogen-bond donors (Lipinski definition) is 2. The Labute approximate surface area is 95.8 Å². The van der Waals surface area contributed by atoms with E-state index in [2.05, 4.69) is 4.98 Å². The highest BCUT2D eigenvalue weighted by Crippen LogP contribution is 2.21. The molecule has 0 radical (unpaired) electrons. The van der Waals surface area contributed by atoms with E-state index in [9.17, 15) is 5.11 Å². The molecule has 0 aliphatic carbocycles. The average Bonchev–Trinajstić information content (AvgIpc) is 2.22. The highest BCUT2D eigenvalue weighted by molar-refractivity contribution is 5.65. The molecule has 0 spiro atoms. The summed E-state index contributed by atoms with van der Waals surface area (Å²) >= 11 is 0. The minimum atomic E-state index is -0.545. The van der Waals surface area contributed by atoms with E-state index in [1.807, 2.05) is 24.9 Å². The molecule has 1 rings (SSSR count). The van der Waals surface area contributed by atoms with Gasteiger partial charge in [-0.15, -0.1) is 0 Å². The Balaban J connectivity index is 2.72. The van der Waals surface area contributed by atoms with E-state index in [0.717, 1.165) is 5.56 Å². The number of hydrogen-bond acceptors (Lipinski definition) is 5. The Morgan fingerprint density at radius 2 is 2.31 bits per heavy atom. The van der Waals surface area contributed by atoms with Gasteiger partial charge in [-0.2, -0.15) is 0 Å². The molecular weight excluding hydrogens is 206 g/mol. The number of nitrogens with zero attached hydrogens (tertiary/aromatic N) is 2. The van der Waals surface area contributed by atoms with E-state index in [-0.39, 0.29) is 0 Å². The minimum absolute atomic E-state index is 0.302. The van der Waals surface area contributed by atoms with Gasteiger partial charge in [-0.25, -0.2) is 4.98 Å². The summed E-state index contributed by atoms with van der Waals surface area (Å²) in [6.07, 6.45) is 1.16. The maximum atomic E-state index is 9.61. The zero-order valence-electron chi connectivity index (χ0n) is 9.97. The lowest BCUT2D eigenvalue weighted by atomic mass is 10.2. The molecule has 0 aliphatic rings. The molecule has 5 heteroatoms. The molecule has 1 unspecified atom stereocenters. The molecule has 0 aromatic carbocycles. The number of aryl methyl sites for hydroxylation is 1. The van der Waals surface area contributed by atoms with E-state index >= 15 is 0 Å². The lowest BCUT2D eigenvalue weighted by Crippen LogP contribution is -2.32. The van der Waals surface area contributed by atoms with E-state index in [1.165, 1.54) is 0 Å². The number of pyridine rings is 1. The van der Waals surface area contributed by atoms with E-state index in [1.54, 1.807) is 13.3 Å². The first kappa shape index (κ1) is 12.7. The van der Waals surface area contributed by atoms with Crippen LogP contribution in [0.1, 0.15) is 5.56 Å². The van der Waals surface area contributed by atoms with Crippen LogP contribution in [0.5, 0.6) is 0 Å². The Hall–Kier alpha value is -1.33. The monoisotopic (exact) mass is 225 g/mol. The van der Waals surface area contributed by atoms with Gasteiger partial charge in [0.15, 0.2) is 5.82 Å². The third kappa shape index (κ3) is 3.08. The fourth-order valence-electron chi connectivity index (χ4n) is 1.51. The van der Waals surface area contributed by atoms with Crippen molar-refractivity contribution in [1.29, 1.82) is 0 Å². The van der Waals surface area contributed by atoms with Crippen LogP contribution >= 0.6 is 0 Å². The van der Waals surface area contributed by atoms with Crippen molar-refractivity contribution in [2.45, 2.75) is 13.0 Å². The quantitative estimate of drug-likeness (QED) is 0.759. The van der Waals surface area contributed by atoms with Gasteiger partial charge in [-0.1, -0.05) is 0 Å². The highest BCUT2D eigenvalue weighted by Gasteiger charge is 2.12. The number of anilines is 2. The molecule has 0 bridgehead atoms. The zero-order chi connectivity index (χ0) is 12.1. The van der Waals surface area contributed by atoms with Gasteiger partial charge < -0.3 is 20.5 Å². The van der Waals surface area contributed by atoms with E-state index in [0.29, 0.717) is 24.7 Å². The summed E-state index contributed by atoms with van der Waals surface area (Å²) in [5, 5.41) is 9.61. The van der Waals surface area contributed by atoms with Crippen LogP contribution in [0.15, 0.2) is 12.3 Å². The number of aromatic nitrogens is 1. The summed E-state index contributed by atoms with van der Waals surface area (Å²) in [6.45, 7) is 2.67. The molecule has 90 valence electrons. The van der Waals surface area contributed by atoms with Crippen LogP contribution in [-0.4, -0.2) is 43.5 Å². The van der Waals surface area contributed by atoms with Crippen LogP contribution in [0.25, 0.3) is 0 Å². The van der Waals surface area contributed by atoms with Crippen molar-refractivity contribution in [3.05, 3.63) is 17.8 Å². The van der Waals surface area contributed by atoms with Crippen molar-refractivity contribution in [3.8, 4) is 0 Å². The van der Waals surface area contributed by atoms with Crippen LogP contribution < -0.4 is 10.6 Å². The number of rotatable bonds is 5. The van der Waals surface area contributed by atoms with Crippen molar-refractivity contribution in [2.24, 2.45) is 0 Å². The smallest absolute Gasteiger partial charge is 0.151 e. The Morgan fingerprint density at radius 3 is 2.94 bits per heavy atom. The lowest BCUT2D eigenvalue weighted by molar-refractivity contribution is 0.0694. The molecule has 3 N–H and O–H groups in total. The predicted octanol–water partition coefficient (Wildman–Crippen LogP) is 0.416. The second-order valence-corrected chi connectivity index (χ2v) is 3.85. The van der Waals surface area contributed by atoms with Gasteiger partial charge in [0.1, 0.15) is 0 Å². The molecule has 1 aromatic rings. The van der Waals surface area contributed by atoms with Gasteiger partial charge in [0, 0.05) is 26.9 Å². The van der Waals surface area contributed by atoms with Crippen LogP contribution in [0, 0.1) is 6.92 Å². The first-order chi connectivity index (χ1) is 7.56. The maximum absolute atomic E-state index is 9.61. The topological polar surface area (TPSA) is 71.6 Å². The third-order valence-corrected chi connectivity index (χ3v) is 2.39. The molecule has 0 saturated heterocycles. The van der Waals surface area contributed by atoms with Crippen LogP contribution in [0.2, 0.25) is 0 Å². The van der Waals surface area contributed by atoms with Gasteiger partial charge in [0.05, 0.1) is 18.4 Å². The summed E-state index contributed by atoms with van der Waals surface area (Å²) in [7, 11) is 3.40. The van der Waals surface area contributed by atoms with E-state index < -0.39 is 6.10 Å². The molecule has 0 fully saturated rings. The molecule has 0 saturated carbocycles. The molecule has 0 aliphatic heterocycles. The third-order valence-electron chi connectivity index (χ3n) is 2.39. The Morgan fingerprint density at radius 1 is 1.62 bits per heavy atom. The largest absolute Gasteiger partial charge is 0.396 e. The van der Waals surface area contributed by atoms with Crippen molar-refractivity contribution in [1.82, 2.24) is 4.98 Å². The van der Waals surface area contributed by atoms with Crippen molar-refractivity contribution >= 4 is 11.5 Å². The van der Waals surface area contributed by atoms with E-state index in [4.69, 9.17) is 10.5 Å². The van der Waals surface area contributed by atoms with Gasteiger partial charge >= 0.3 is 0 Å². The summed E-state index contributed by atoms with van der Waals surface area (Å²) in [6, 6.07) is 1.86. The molecular formula is C11H19N3O2. The second kappa shape index (κ2) is 5.67. The normalized spacial score (nSPS) is 12.5. The predicted molar refractivity (Wildman–Crippen MR) is 64.5 cm³/mol. The fourth-order valence-corrected chi connectivity index (χ4v) is 1.51. The molecule has 1 aromatic heterocycles. The number of aliphatic hydroxyl groups excluding tert-OH is 1. The fraction of sp³-hybridized carbons (Fsp3) is 0.545. The standard InChI is InChI=1S/C11H19N3O2/c1-8-4-5-13-11(10(8)12)14(2)6-9(15)7-16-3/h4-5,9,15H,6-7,12H2,1-3H3. The molecule has 16 heavy (non-hydrogen) atoms. The first-order valence-corrected chi connectivity index (χ1v) is 5.15. The van der Waals surface area contributed by atoms with Gasteiger partial charge in [-0.05, 0) is 18.6 Å². The Kier molecular flexibility index (Phi) is 4.52. The number of aliphatic hydroxyl groups is 1. The van der Waals surface area contributed by atoms with Crippen molar-refractivity contribution < 1.29 is 9.84 Å². The number of nitrogen functional groups attached to an aromatic ring is 1. The van der Waals surface area contributed by atoms with Gasteiger partial charge in [-0.3, -0.25) is 0 Å². The summed E-state index contributed by atoms with van der Waals surface area (Å²) in [5.41, 5.74) is 7.55. The molecule has 1 heterocycles. The Bertz CT molecular complexity index is 344. The highest BCUT2D eigenvalue weighted by atomic mass is 16.5. The lowest BCUT2D eigenvalue weighted by Gasteiger charge is -2.23. The molecule has 0 amide bonds. The number of nitrogens with two attached hydrogens (primary N) is 1. The van der Waals surface area contributed by atoms with Crippen molar-refractivity contribution in [3.63, 3.8) is 0 Å². The number of likely N-dealkylation sites (N-methyl/N-ethyl adjacent to an activating group) is 1. The maximum Gasteiger partial charge on any atom is 0.151 e. The summed E-state index contributed by atoms with van der Waals surface area (Å²) < 4.78 is 4.87. The second-order valence-electron chi connectivity index (χ2n) is 3.85. The van der Waals surface area contributed by atoms with Gasteiger partial charge in [0.2, 0.25) is 0 Å². The number of methoxy groups -OCH3 is 1. The first-order valence-electron chi connectivity index (χ1n) is 5.15. The van der Waals surface area contributed by atoms with Gasteiger partial charge in [0.25, 0.3) is 0 Å². The summed E-state index contributed by atoms with van der Waals surface area (Å²) in [5.74, 6) is 0.690. The molecule has 5 nitrogen and oxygen atoms in total. The SMILES string of the molecule is COCC(O)CN(C)c1nccc(C)c1N. The minimum Gasteiger partial charge on any atom is -0.396 e.